The van der Waals surface area contributed by atoms with Crippen LogP contribution in [0.5, 0.6) is 0 Å². The van der Waals surface area contributed by atoms with Crippen molar-refractivity contribution in [3.63, 3.8) is 0 Å². The lowest BCUT2D eigenvalue weighted by molar-refractivity contribution is -0.140. The standard InChI is InChI=1S/C16H11F4N3O/c1-7-9(5-21)13(14-12(23-7)6-22-15(14)24)8-2-3-11(17)10(4-8)16(18,19)20/h2-4,13,23H,6H2,1H3,(H,22,24). The second-order valence-electron chi connectivity index (χ2n) is 5.52. The number of rotatable bonds is 1. The van der Waals surface area contributed by atoms with Crippen LogP contribution in [0.4, 0.5) is 17.6 Å². The van der Waals surface area contributed by atoms with Crippen LogP contribution >= 0.6 is 0 Å². The highest BCUT2D eigenvalue weighted by Crippen LogP contribution is 2.41. The van der Waals surface area contributed by atoms with E-state index in [0.717, 1.165) is 0 Å². The van der Waals surface area contributed by atoms with Crippen LogP contribution in [0.25, 0.3) is 0 Å². The molecule has 2 heterocycles. The van der Waals surface area contributed by atoms with Crippen LogP contribution in [0.15, 0.2) is 40.7 Å². The van der Waals surface area contributed by atoms with Crippen molar-refractivity contribution < 1.29 is 22.4 Å². The first kappa shape index (κ1) is 16.1. The van der Waals surface area contributed by atoms with Gasteiger partial charge in [0.15, 0.2) is 0 Å². The highest BCUT2D eigenvalue weighted by Gasteiger charge is 2.40. The molecule has 0 fully saturated rings. The van der Waals surface area contributed by atoms with E-state index in [1.54, 1.807) is 6.92 Å². The quantitative estimate of drug-likeness (QED) is 0.775. The molecule has 8 heteroatoms. The third-order valence-corrected chi connectivity index (χ3v) is 4.06. The maximum Gasteiger partial charge on any atom is 0.419 e. The number of nitriles is 1. The number of hydrogen-bond acceptors (Lipinski definition) is 3. The third kappa shape index (κ3) is 2.42. The molecule has 0 aliphatic carbocycles. The van der Waals surface area contributed by atoms with Crippen LogP contribution in [0.3, 0.4) is 0 Å². The number of dihydropyridines is 1. The molecule has 0 saturated carbocycles. The Hall–Kier alpha value is -2.82. The molecular weight excluding hydrogens is 326 g/mol. The van der Waals surface area contributed by atoms with Gasteiger partial charge in [0.05, 0.1) is 35.2 Å². The van der Waals surface area contributed by atoms with Gasteiger partial charge in [-0.3, -0.25) is 4.79 Å². The van der Waals surface area contributed by atoms with Crippen molar-refractivity contribution in [2.24, 2.45) is 0 Å². The Labute approximate surface area is 134 Å². The predicted molar refractivity (Wildman–Crippen MR) is 75.6 cm³/mol. The summed E-state index contributed by atoms with van der Waals surface area (Å²) >= 11 is 0. The summed E-state index contributed by atoms with van der Waals surface area (Å²) in [7, 11) is 0. The van der Waals surface area contributed by atoms with E-state index in [4.69, 9.17) is 0 Å². The van der Waals surface area contributed by atoms with E-state index in [1.807, 2.05) is 6.07 Å². The van der Waals surface area contributed by atoms with E-state index in [2.05, 4.69) is 10.6 Å². The minimum absolute atomic E-state index is 0.0469. The Morgan fingerprint density at radius 3 is 2.67 bits per heavy atom. The number of allylic oxidation sites excluding steroid dienone is 2. The summed E-state index contributed by atoms with van der Waals surface area (Å²) in [5.74, 6) is -2.82. The molecule has 2 aliphatic rings. The van der Waals surface area contributed by atoms with E-state index in [0.29, 0.717) is 23.5 Å². The Morgan fingerprint density at radius 2 is 2.04 bits per heavy atom. The average molecular weight is 337 g/mol. The van der Waals surface area contributed by atoms with Crippen molar-refractivity contribution in [3.8, 4) is 6.07 Å². The fourth-order valence-electron chi connectivity index (χ4n) is 2.99. The molecule has 1 unspecified atom stereocenters. The lowest BCUT2D eigenvalue weighted by Gasteiger charge is -2.26. The SMILES string of the molecule is CC1=C(C#N)C(c2ccc(F)c(C(F)(F)F)c2)C2=C(CNC2=O)N1. The molecule has 1 aromatic carbocycles. The molecule has 3 rings (SSSR count). The Kier molecular flexibility index (Phi) is 3.59. The summed E-state index contributed by atoms with van der Waals surface area (Å²) in [6.07, 6.45) is -4.87. The predicted octanol–water partition coefficient (Wildman–Crippen LogP) is 2.71. The fourth-order valence-corrected chi connectivity index (χ4v) is 2.99. The summed E-state index contributed by atoms with van der Waals surface area (Å²) in [4.78, 5) is 12.1. The summed E-state index contributed by atoms with van der Waals surface area (Å²) in [6, 6.07) is 4.47. The van der Waals surface area contributed by atoms with Gasteiger partial charge in [-0.05, 0) is 24.6 Å². The van der Waals surface area contributed by atoms with Gasteiger partial charge >= 0.3 is 6.18 Å². The van der Waals surface area contributed by atoms with E-state index in [9.17, 15) is 27.6 Å². The molecule has 24 heavy (non-hydrogen) atoms. The lowest BCUT2D eigenvalue weighted by atomic mass is 9.81. The molecule has 1 amide bonds. The molecule has 0 spiro atoms. The first-order chi connectivity index (χ1) is 11.2. The number of hydrogen-bond donors (Lipinski definition) is 2. The maximum absolute atomic E-state index is 13.5. The molecule has 0 radical (unpaired) electrons. The van der Waals surface area contributed by atoms with Crippen molar-refractivity contribution >= 4 is 5.91 Å². The van der Waals surface area contributed by atoms with Crippen molar-refractivity contribution in [2.75, 3.05) is 6.54 Å². The second kappa shape index (κ2) is 5.37. The first-order valence-electron chi connectivity index (χ1n) is 6.99. The molecule has 124 valence electrons. The van der Waals surface area contributed by atoms with Gasteiger partial charge in [0.1, 0.15) is 5.82 Å². The van der Waals surface area contributed by atoms with Gasteiger partial charge in [0.25, 0.3) is 0 Å². The second-order valence-corrected chi connectivity index (χ2v) is 5.52. The molecule has 2 N–H and O–H groups in total. The van der Waals surface area contributed by atoms with E-state index < -0.39 is 29.4 Å². The van der Waals surface area contributed by atoms with Crippen LogP contribution in [0.1, 0.15) is 24.0 Å². The number of benzene rings is 1. The lowest BCUT2D eigenvalue weighted by Crippen LogP contribution is -2.26. The summed E-state index contributed by atoms with van der Waals surface area (Å²) < 4.78 is 52.5. The minimum Gasteiger partial charge on any atom is -0.360 e. The van der Waals surface area contributed by atoms with Gasteiger partial charge in [0.2, 0.25) is 5.91 Å². The van der Waals surface area contributed by atoms with Crippen molar-refractivity contribution in [3.05, 3.63) is 57.7 Å². The van der Waals surface area contributed by atoms with Crippen LogP contribution in [-0.4, -0.2) is 12.5 Å². The van der Waals surface area contributed by atoms with Gasteiger partial charge in [-0.2, -0.15) is 18.4 Å². The first-order valence-corrected chi connectivity index (χ1v) is 6.99. The van der Waals surface area contributed by atoms with E-state index in [-0.39, 0.29) is 23.3 Å². The number of carbonyl (C=O) groups excluding carboxylic acids is 1. The normalized spacial score (nSPS) is 20.5. The molecular formula is C16H11F4N3O. The Balaban J connectivity index is 2.20. The smallest absolute Gasteiger partial charge is 0.360 e. The largest absolute Gasteiger partial charge is 0.419 e. The van der Waals surface area contributed by atoms with Gasteiger partial charge in [0, 0.05) is 11.4 Å². The Bertz CT molecular complexity index is 846. The molecule has 0 saturated heterocycles. The molecule has 0 bridgehead atoms. The number of nitrogens with one attached hydrogen (secondary N) is 2. The molecule has 0 aromatic heterocycles. The summed E-state index contributed by atoms with van der Waals surface area (Å²) in [5, 5.41) is 14.9. The minimum atomic E-state index is -4.87. The van der Waals surface area contributed by atoms with Gasteiger partial charge < -0.3 is 10.6 Å². The fraction of sp³-hybridized carbons (Fsp3) is 0.250. The average Bonchev–Trinajstić information content (AvgIpc) is 2.86. The van der Waals surface area contributed by atoms with Crippen LogP contribution in [0, 0.1) is 17.1 Å². The zero-order valence-electron chi connectivity index (χ0n) is 12.4. The summed E-state index contributed by atoms with van der Waals surface area (Å²) in [5.41, 5.74) is -0.0860. The zero-order chi connectivity index (χ0) is 17.6. The maximum atomic E-state index is 13.5. The number of amides is 1. The third-order valence-electron chi connectivity index (χ3n) is 4.06. The highest BCUT2D eigenvalue weighted by molar-refractivity contribution is 6.00. The molecule has 4 nitrogen and oxygen atoms in total. The van der Waals surface area contributed by atoms with Crippen molar-refractivity contribution in [2.45, 2.75) is 19.0 Å². The van der Waals surface area contributed by atoms with Gasteiger partial charge in [-0.1, -0.05) is 6.07 Å². The topological polar surface area (TPSA) is 64.9 Å². The van der Waals surface area contributed by atoms with Crippen molar-refractivity contribution in [1.29, 1.82) is 5.26 Å². The number of alkyl halides is 3. The molecule has 1 aromatic rings. The van der Waals surface area contributed by atoms with Crippen LogP contribution in [0.2, 0.25) is 0 Å². The zero-order valence-corrected chi connectivity index (χ0v) is 12.4. The summed E-state index contributed by atoms with van der Waals surface area (Å²) in [6.45, 7) is 1.81. The monoisotopic (exact) mass is 337 g/mol. The van der Waals surface area contributed by atoms with Crippen LogP contribution < -0.4 is 10.6 Å². The van der Waals surface area contributed by atoms with E-state index in [1.165, 1.54) is 6.07 Å². The number of nitrogens with zero attached hydrogens (tertiary/aromatic N) is 1. The Morgan fingerprint density at radius 1 is 1.33 bits per heavy atom. The van der Waals surface area contributed by atoms with Crippen LogP contribution in [-0.2, 0) is 11.0 Å². The number of halogens is 4. The van der Waals surface area contributed by atoms with Gasteiger partial charge in [-0.15, -0.1) is 0 Å². The highest BCUT2D eigenvalue weighted by atomic mass is 19.4. The number of carbonyl (C=O) groups is 1. The van der Waals surface area contributed by atoms with Gasteiger partial charge in [-0.25, -0.2) is 4.39 Å². The molecule has 1 atom stereocenters. The molecule has 2 aliphatic heterocycles. The van der Waals surface area contributed by atoms with Crippen molar-refractivity contribution in [1.82, 2.24) is 10.6 Å². The van der Waals surface area contributed by atoms with E-state index >= 15 is 0 Å².